The van der Waals surface area contributed by atoms with Gasteiger partial charge >= 0.3 is 0 Å². The molecule has 0 amide bonds. The van der Waals surface area contributed by atoms with E-state index in [2.05, 4.69) is 5.32 Å². The fourth-order valence-corrected chi connectivity index (χ4v) is 0.352. The van der Waals surface area contributed by atoms with Crippen LogP contribution in [0.25, 0.3) is 0 Å². The minimum Gasteiger partial charge on any atom is -0.481 e. The highest BCUT2D eigenvalue weighted by atomic mass is 16.4. The first-order chi connectivity index (χ1) is 10.7. The SMILES string of the molecule is CC(=O)O.CC(=O)O.CC(=O)O.CC(=O)O.NCCNC(N)CN. The Morgan fingerprint density at radius 3 is 1.12 bits per heavy atom. The number of carboxylic acids is 4. The van der Waals surface area contributed by atoms with Crippen molar-refractivity contribution in [3.05, 3.63) is 0 Å². The van der Waals surface area contributed by atoms with Crippen LogP contribution < -0.4 is 22.5 Å². The van der Waals surface area contributed by atoms with E-state index in [0.717, 1.165) is 34.2 Å². The molecule has 1 atom stereocenters. The molecule has 146 valence electrons. The van der Waals surface area contributed by atoms with Crippen LogP contribution in [0.3, 0.4) is 0 Å². The van der Waals surface area contributed by atoms with Gasteiger partial charge in [0.1, 0.15) is 0 Å². The number of hydrogen-bond donors (Lipinski definition) is 8. The van der Waals surface area contributed by atoms with Crippen molar-refractivity contribution in [2.45, 2.75) is 33.9 Å². The number of aliphatic carboxylic acids is 4. The molecule has 0 aromatic heterocycles. The van der Waals surface area contributed by atoms with E-state index in [1.165, 1.54) is 0 Å². The molecule has 24 heavy (non-hydrogen) atoms. The summed E-state index contributed by atoms with van der Waals surface area (Å²) in [5.41, 5.74) is 15.7. The lowest BCUT2D eigenvalue weighted by Crippen LogP contribution is -2.45. The summed E-state index contributed by atoms with van der Waals surface area (Å²) in [5, 5.41) is 32.6. The Hall–Kier alpha value is -2.28. The monoisotopic (exact) mass is 358 g/mol. The van der Waals surface area contributed by atoms with Crippen LogP contribution in [0.5, 0.6) is 0 Å². The first-order valence-electron chi connectivity index (χ1n) is 6.41. The predicted octanol–water partition coefficient (Wildman–Crippen LogP) is -1.86. The molecule has 0 aromatic rings. The van der Waals surface area contributed by atoms with Gasteiger partial charge in [0.05, 0.1) is 6.17 Å². The third-order valence-electron chi connectivity index (χ3n) is 0.805. The van der Waals surface area contributed by atoms with Gasteiger partial charge < -0.3 is 37.6 Å². The van der Waals surface area contributed by atoms with Crippen molar-refractivity contribution in [1.82, 2.24) is 5.32 Å². The molecule has 0 aromatic carbocycles. The molecular formula is C12H30N4O8. The maximum atomic E-state index is 9.00. The summed E-state index contributed by atoms with van der Waals surface area (Å²) >= 11 is 0. The highest BCUT2D eigenvalue weighted by molar-refractivity contribution is 5.63. The predicted molar refractivity (Wildman–Crippen MR) is 87.3 cm³/mol. The molecule has 0 spiro atoms. The number of nitrogens with two attached hydrogens (primary N) is 3. The normalized spacial score (nSPS) is 8.79. The average Bonchev–Trinajstić information content (AvgIpc) is 2.33. The molecule has 0 saturated heterocycles. The number of hydrogen-bond acceptors (Lipinski definition) is 8. The van der Waals surface area contributed by atoms with Gasteiger partial charge in [-0.15, -0.1) is 0 Å². The van der Waals surface area contributed by atoms with Gasteiger partial charge in [-0.2, -0.15) is 0 Å². The number of rotatable bonds is 4. The Labute approximate surface area is 140 Å². The van der Waals surface area contributed by atoms with Gasteiger partial charge in [0.15, 0.2) is 0 Å². The summed E-state index contributed by atoms with van der Waals surface area (Å²) in [4.78, 5) is 36.0. The van der Waals surface area contributed by atoms with E-state index in [4.69, 9.17) is 56.8 Å². The van der Waals surface area contributed by atoms with E-state index in [1.807, 2.05) is 0 Å². The highest BCUT2D eigenvalue weighted by Gasteiger charge is 1.92. The molecule has 11 N–H and O–H groups in total. The lowest BCUT2D eigenvalue weighted by molar-refractivity contribution is -0.135. The summed E-state index contributed by atoms with van der Waals surface area (Å²) < 4.78 is 0. The van der Waals surface area contributed by atoms with E-state index >= 15 is 0 Å². The largest absolute Gasteiger partial charge is 0.481 e. The highest BCUT2D eigenvalue weighted by Crippen LogP contribution is 1.60. The van der Waals surface area contributed by atoms with E-state index in [-0.39, 0.29) is 6.17 Å². The van der Waals surface area contributed by atoms with Crippen molar-refractivity contribution in [2.24, 2.45) is 17.2 Å². The van der Waals surface area contributed by atoms with Crippen LogP contribution in [-0.2, 0) is 19.2 Å². The molecule has 12 heteroatoms. The van der Waals surface area contributed by atoms with Crippen molar-refractivity contribution >= 4 is 23.9 Å². The summed E-state index contributed by atoms with van der Waals surface area (Å²) in [6.07, 6.45) is -0.0986. The van der Waals surface area contributed by atoms with Crippen LogP contribution in [0.4, 0.5) is 0 Å². The smallest absolute Gasteiger partial charge is 0.300 e. The fraction of sp³-hybridized carbons (Fsp3) is 0.667. The second kappa shape index (κ2) is 28.8. The molecule has 0 aliphatic heterocycles. The fourth-order valence-electron chi connectivity index (χ4n) is 0.352. The average molecular weight is 358 g/mol. The van der Waals surface area contributed by atoms with Gasteiger partial charge in [-0.3, -0.25) is 24.5 Å². The first kappa shape index (κ1) is 33.4. The zero-order valence-electron chi connectivity index (χ0n) is 14.4. The van der Waals surface area contributed by atoms with E-state index in [9.17, 15) is 0 Å². The number of nitrogens with one attached hydrogen (secondary N) is 1. The second-order valence-electron chi connectivity index (χ2n) is 3.66. The van der Waals surface area contributed by atoms with Gasteiger partial charge in [0, 0.05) is 47.3 Å². The van der Waals surface area contributed by atoms with Crippen molar-refractivity contribution in [1.29, 1.82) is 0 Å². The minimum absolute atomic E-state index is 0.0986. The Balaban J connectivity index is -0.0000000657. The maximum Gasteiger partial charge on any atom is 0.300 e. The molecule has 0 bridgehead atoms. The Morgan fingerprint density at radius 2 is 1.00 bits per heavy atom. The van der Waals surface area contributed by atoms with E-state index in [1.54, 1.807) is 0 Å². The van der Waals surface area contributed by atoms with Crippen molar-refractivity contribution < 1.29 is 39.6 Å². The van der Waals surface area contributed by atoms with E-state index < -0.39 is 23.9 Å². The van der Waals surface area contributed by atoms with Crippen LogP contribution >= 0.6 is 0 Å². The molecule has 0 heterocycles. The Bertz CT molecular complexity index is 262. The maximum absolute atomic E-state index is 9.00. The molecule has 0 aliphatic rings. The zero-order valence-corrected chi connectivity index (χ0v) is 14.4. The topological polar surface area (TPSA) is 239 Å². The van der Waals surface area contributed by atoms with Crippen molar-refractivity contribution in [3.63, 3.8) is 0 Å². The summed E-state index contributed by atoms with van der Waals surface area (Å²) in [5.74, 6) is -3.33. The summed E-state index contributed by atoms with van der Waals surface area (Å²) in [6.45, 7) is 6.13. The minimum atomic E-state index is -0.833. The van der Waals surface area contributed by atoms with Gasteiger partial charge in [-0.1, -0.05) is 0 Å². The van der Waals surface area contributed by atoms with Gasteiger partial charge in [-0.25, -0.2) is 0 Å². The third-order valence-corrected chi connectivity index (χ3v) is 0.805. The molecule has 0 aliphatic carbocycles. The molecule has 0 fully saturated rings. The van der Waals surface area contributed by atoms with Gasteiger partial charge in [-0.05, 0) is 0 Å². The first-order valence-corrected chi connectivity index (χ1v) is 6.41. The third kappa shape index (κ3) is 499. The summed E-state index contributed by atoms with van der Waals surface area (Å²) in [6, 6.07) is 0. The molecular weight excluding hydrogens is 328 g/mol. The van der Waals surface area contributed by atoms with E-state index in [0.29, 0.717) is 13.1 Å². The van der Waals surface area contributed by atoms with Crippen molar-refractivity contribution in [2.75, 3.05) is 19.6 Å². The van der Waals surface area contributed by atoms with Crippen LogP contribution in [0.1, 0.15) is 27.7 Å². The molecule has 0 radical (unpaired) electrons. The second-order valence-corrected chi connectivity index (χ2v) is 3.66. The molecule has 0 saturated carbocycles. The lowest BCUT2D eigenvalue weighted by atomic mass is 10.5. The van der Waals surface area contributed by atoms with Crippen molar-refractivity contribution in [3.8, 4) is 0 Å². The zero-order chi connectivity index (χ0) is 20.7. The van der Waals surface area contributed by atoms with Gasteiger partial charge in [0.2, 0.25) is 0 Å². The molecule has 1 unspecified atom stereocenters. The molecule has 12 nitrogen and oxygen atoms in total. The van der Waals surface area contributed by atoms with Crippen LogP contribution in [0.2, 0.25) is 0 Å². The van der Waals surface area contributed by atoms with Gasteiger partial charge in [0.25, 0.3) is 23.9 Å². The lowest BCUT2D eigenvalue weighted by Gasteiger charge is -2.08. The van der Waals surface area contributed by atoms with Crippen LogP contribution in [-0.4, -0.2) is 70.1 Å². The summed E-state index contributed by atoms with van der Waals surface area (Å²) in [7, 11) is 0. The number of carbonyl (C=O) groups is 4. The Morgan fingerprint density at radius 1 is 0.792 bits per heavy atom. The Kier molecular flexibility index (Phi) is 40.1. The quantitative estimate of drug-likeness (QED) is 0.258. The molecule has 0 rings (SSSR count). The number of carboxylic acid groups (broad SMARTS) is 4. The standard InChI is InChI=1S/C4H14N4.4C2H4O2/c5-1-2-8-4(7)3-6;4*1-2(3)4/h4,8H,1-3,5-7H2;4*1H3,(H,3,4). The van der Waals surface area contributed by atoms with Crippen LogP contribution in [0.15, 0.2) is 0 Å². The van der Waals surface area contributed by atoms with Crippen LogP contribution in [0, 0.1) is 0 Å².